The van der Waals surface area contributed by atoms with E-state index in [1.54, 1.807) is 13.2 Å². The van der Waals surface area contributed by atoms with Crippen molar-refractivity contribution in [1.82, 2.24) is 9.88 Å². The lowest BCUT2D eigenvalue weighted by Gasteiger charge is -2.26. The number of ether oxygens (including phenoxy) is 3. The van der Waals surface area contributed by atoms with Gasteiger partial charge in [0.05, 0.1) is 32.5 Å². The molecule has 7 heteroatoms. The summed E-state index contributed by atoms with van der Waals surface area (Å²) in [5, 5.41) is 3.26. The molecule has 0 radical (unpaired) electrons. The zero-order chi connectivity index (χ0) is 25.2. The van der Waals surface area contributed by atoms with E-state index in [-0.39, 0.29) is 0 Å². The first-order valence-electron chi connectivity index (χ1n) is 12.0. The maximum absolute atomic E-state index is 12.0. The summed E-state index contributed by atoms with van der Waals surface area (Å²) in [4.78, 5) is 18.9. The van der Waals surface area contributed by atoms with Gasteiger partial charge in [-0.3, -0.25) is 4.90 Å². The Balaban J connectivity index is 1.47. The molecule has 0 unspecified atom stereocenters. The quantitative estimate of drug-likeness (QED) is 0.295. The van der Waals surface area contributed by atoms with Gasteiger partial charge >= 0.3 is 5.97 Å². The van der Waals surface area contributed by atoms with Gasteiger partial charge in [-0.25, -0.2) is 9.78 Å². The third-order valence-corrected chi connectivity index (χ3v) is 5.92. The Morgan fingerprint density at radius 2 is 1.69 bits per heavy atom. The molecule has 3 aromatic rings. The highest BCUT2D eigenvalue weighted by atomic mass is 16.5. The van der Waals surface area contributed by atoms with Gasteiger partial charge in [0.25, 0.3) is 0 Å². The number of methoxy groups -OCH3 is 2. The highest BCUT2D eigenvalue weighted by Crippen LogP contribution is 2.28. The van der Waals surface area contributed by atoms with E-state index in [9.17, 15) is 4.79 Å². The van der Waals surface area contributed by atoms with Crippen molar-refractivity contribution in [3.05, 3.63) is 83.0 Å². The molecule has 1 aromatic heterocycles. The second-order valence-electron chi connectivity index (χ2n) is 8.44. The number of hydrogen-bond acceptors (Lipinski definition) is 7. The number of nitrogens with one attached hydrogen (secondary N) is 1. The molecule has 1 fully saturated rings. The number of aromatic nitrogens is 1. The maximum Gasteiger partial charge on any atom is 0.339 e. The lowest BCUT2D eigenvalue weighted by molar-refractivity contribution is 0.0342. The molecule has 1 N–H and O–H groups in total. The molecule has 36 heavy (non-hydrogen) atoms. The Labute approximate surface area is 212 Å². The first kappa shape index (κ1) is 25.4. The number of carbonyl (C=O) groups excluding carboxylic acids is 1. The largest absolute Gasteiger partial charge is 0.465 e. The van der Waals surface area contributed by atoms with Gasteiger partial charge in [-0.15, -0.1) is 0 Å². The fourth-order valence-electron chi connectivity index (χ4n) is 3.92. The van der Waals surface area contributed by atoms with Crippen molar-refractivity contribution in [1.29, 1.82) is 0 Å². The van der Waals surface area contributed by atoms with Gasteiger partial charge in [0.15, 0.2) is 0 Å². The molecular formula is C29H31N3O4. The minimum absolute atomic E-state index is 0.394. The molecule has 186 valence electrons. The van der Waals surface area contributed by atoms with Crippen LogP contribution in [-0.2, 0) is 20.8 Å². The average Bonchev–Trinajstić information content (AvgIpc) is 2.93. The second kappa shape index (κ2) is 12.8. The number of nitrogens with zero attached hydrogens (tertiary/aromatic N) is 2. The van der Waals surface area contributed by atoms with Crippen LogP contribution in [0.2, 0.25) is 0 Å². The lowest BCUT2D eigenvalue weighted by atomic mass is 10.0. The Morgan fingerprint density at radius 1 is 1.03 bits per heavy atom. The Morgan fingerprint density at radius 3 is 2.33 bits per heavy atom. The summed E-state index contributed by atoms with van der Waals surface area (Å²) in [5.74, 6) is 6.73. The van der Waals surface area contributed by atoms with Gasteiger partial charge in [0.2, 0.25) is 0 Å². The summed E-state index contributed by atoms with van der Waals surface area (Å²) in [5.41, 5.74) is 5.29. The Kier molecular flexibility index (Phi) is 9.06. The molecule has 0 atom stereocenters. The number of carbonyl (C=O) groups is 1. The molecule has 0 amide bonds. The van der Waals surface area contributed by atoms with Crippen molar-refractivity contribution in [3.8, 4) is 23.0 Å². The van der Waals surface area contributed by atoms with Gasteiger partial charge in [0, 0.05) is 56.2 Å². The molecule has 0 saturated carbocycles. The number of morpholine rings is 1. The van der Waals surface area contributed by atoms with Crippen molar-refractivity contribution in [2.75, 3.05) is 59.0 Å². The van der Waals surface area contributed by atoms with Crippen LogP contribution < -0.4 is 5.32 Å². The predicted octanol–water partition coefficient (Wildman–Crippen LogP) is 3.83. The number of pyridine rings is 1. The van der Waals surface area contributed by atoms with Crippen LogP contribution in [0.15, 0.2) is 60.8 Å². The Hall–Kier alpha value is -3.70. The predicted molar refractivity (Wildman–Crippen MR) is 140 cm³/mol. The highest BCUT2D eigenvalue weighted by molar-refractivity contribution is 5.92. The van der Waals surface area contributed by atoms with Crippen LogP contribution in [-0.4, -0.2) is 69.5 Å². The molecular weight excluding hydrogens is 454 g/mol. The molecule has 4 rings (SSSR count). The standard InChI is InChI=1S/C29H31N3O4/c1-34-16-13-30-28-27(19-26(20-31-28)29(33)35-2)25-11-9-23(10-12-25)4-3-22-5-7-24(8-6-22)21-32-14-17-36-18-15-32/h5-12,19-20H,13-18,21H2,1-2H3,(H,30,31). The monoisotopic (exact) mass is 485 g/mol. The number of hydrogen-bond donors (Lipinski definition) is 1. The molecule has 7 nitrogen and oxygen atoms in total. The van der Waals surface area contributed by atoms with Gasteiger partial charge in [-0.2, -0.15) is 0 Å². The van der Waals surface area contributed by atoms with Crippen LogP contribution in [0, 0.1) is 11.8 Å². The van der Waals surface area contributed by atoms with Crippen LogP contribution in [0.1, 0.15) is 27.0 Å². The minimum atomic E-state index is -0.425. The molecule has 2 aromatic carbocycles. The zero-order valence-electron chi connectivity index (χ0n) is 20.8. The lowest BCUT2D eigenvalue weighted by Crippen LogP contribution is -2.35. The van der Waals surface area contributed by atoms with Gasteiger partial charge < -0.3 is 19.5 Å². The van der Waals surface area contributed by atoms with E-state index in [1.165, 1.54) is 18.9 Å². The van der Waals surface area contributed by atoms with Gasteiger partial charge in [-0.05, 0) is 41.5 Å². The summed E-state index contributed by atoms with van der Waals surface area (Å²) in [7, 11) is 3.01. The molecule has 0 aliphatic carbocycles. The molecule has 1 saturated heterocycles. The average molecular weight is 486 g/mol. The number of benzene rings is 2. The van der Waals surface area contributed by atoms with Crippen molar-refractivity contribution in [3.63, 3.8) is 0 Å². The Bertz CT molecular complexity index is 1210. The maximum atomic E-state index is 12.0. The summed E-state index contributed by atoms with van der Waals surface area (Å²) >= 11 is 0. The van der Waals surface area contributed by atoms with E-state index in [1.807, 2.05) is 24.3 Å². The molecule has 1 aliphatic heterocycles. The minimum Gasteiger partial charge on any atom is -0.465 e. The smallest absolute Gasteiger partial charge is 0.339 e. The second-order valence-corrected chi connectivity index (χ2v) is 8.44. The van der Waals surface area contributed by atoms with E-state index in [2.05, 4.69) is 51.3 Å². The van der Waals surface area contributed by atoms with Crippen molar-refractivity contribution >= 4 is 11.8 Å². The van der Waals surface area contributed by atoms with E-state index in [4.69, 9.17) is 14.2 Å². The highest BCUT2D eigenvalue weighted by Gasteiger charge is 2.13. The number of rotatable bonds is 8. The van der Waals surface area contributed by atoms with Crippen molar-refractivity contribution < 1.29 is 19.0 Å². The summed E-state index contributed by atoms with van der Waals surface area (Å²) in [6.07, 6.45) is 1.51. The first-order valence-corrected chi connectivity index (χ1v) is 12.0. The van der Waals surface area contributed by atoms with Crippen LogP contribution in [0.4, 0.5) is 5.82 Å². The molecule has 2 heterocycles. The zero-order valence-corrected chi connectivity index (χ0v) is 20.8. The fourth-order valence-corrected chi connectivity index (χ4v) is 3.92. The summed E-state index contributed by atoms with van der Waals surface area (Å²) in [6, 6.07) is 18.1. The van der Waals surface area contributed by atoms with E-state index in [0.29, 0.717) is 24.5 Å². The molecule has 1 aliphatic rings. The molecule has 0 bridgehead atoms. The van der Waals surface area contributed by atoms with Crippen LogP contribution in [0.3, 0.4) is 0 Å². The van der Waals surface area contributed by atoms with Crippen LogP contribution in [0.5, 0.6) is 0 Å². The number of anilines is 1. The third kappa shape index (κ3) is 6.92. The van der Waals surface area contributed by atoms with E-state index in [0.717, 1.165) is 55.1 Å². The van der Waals surface area contributed by atoms with Crippen molar-refractivity contribution in [2.24, 2.45) is 0 Å². The number of esters is 1. The first-order chi connectivity index (χ1) is 17.7. The van der Waals surface area contributed by atoms with Crippen LogP contribution >= 0.6 is 0 Å². The van der Waals surface area contributed by atoms with Crippen molar-refractivity contribution in [2.45, 2.75) is 6.54 Å². The fraction of sp³-hybridized carbons (Fsp3) is 0.310. The summed E-state index contributed by atoms with van der Waals surface area (Å²) < 4.78 is 15.4. The van der Waals surface area contributed by atoms with E-state index >= 15 is 0 Å². The third-order valence-electron chi connectivity index (χ3n) is 5.92. The topological polar surface area (TPSA) is 72.9 Å². The summed E-state index contributed by atoms with van der Waals surface area (Å²) in [6.45, 7) is 5.65. The van der Waals surface area contributed by atoms with E-state index < -0.39 is 5.97 Å². The van der Waals surface area contributed by atoms with Crippen LogP contribution in [0.25, 0.3) is 11.1 Å². The van der Waals surface area contributed by atoms with Gasteiger partial charge in [0.1, 0.15) is 5.82 Å². The molecule has 0 spiro atoms. The SMILES string of the molecule is COCCNc1ncc(C(=O)OC)cc1-c1ccc(C#Cc2ccc(CN3CCOCC3)cc2)cc1. The normalized spacial score (nSPS) is 13.5. The van der Waals surface area contributed by atoms with Gasteiger partial charge in [-0.1, -0.05) is 36.1 Å².